The summed E-state index contributed by atoms with van der Waals surface area (Å²) in [6.07, 6.45) is 11.4. The van der Waals surface area contributed by atoms with Gasteiger partial charge in [-0.2, -0.15) is 0 Å². The number of nitrogens with zero attached hydrogens (tertiary/aromatic N) is 6. The van der Waals surface area contributed by atoms with Crippen LogP contribution in [0.3, 0.4) is 0 Å². The molecule has 3 aromatic heterocycles. The SMILES string of the molecule is N/C(=C\c1ccccn1)C1c2nc[nH]c2CCN1c1ncc(C(=O)N2CCCC2)cn1.[HH]. The molecule has 1 amide bonds. The van der Waals surface area contributed by atoms with E-state index in [4.69, 9.17) is 5.73 Å². The zero-order valence-corrected chi connectivity index (χ0v) is 17.1. The first-order valence-corrected chi connectivity index (χ1v) is 10.5. The molecule has 9 nitrogen and oxygen atoms in total. The number of aromatic amines is 1. The van der Waals surface area contributed by atoms with Crippen molar-refractivity contribution in [3.63, 3.8) is 0 Å². The van der Waals surface area contributed by atoms with Gasteiger partial charge in [0.2, 0.25) is 5.95 Å². The number of carbonyl (C=O) groups is 1. The fourth-order valence-electron chi connectivity index (χ4n) is 4.22. The van der Waals surface area contributed by atoms with Gasteiger partial charge in [0.1, 0.15) is 6.04 Å². The molecule has 0 spiro atoms. The third-order valence-electron chi connectivity index (χ3n) is 5.78. The molecular weight excluding hydrogens is 392 g/mol. The highest BCUT2D eigenvalue weighted by Crippen LogP contribution is 2.34. The Balaban J connectivity index is 0.00000245. The molecule has 3 aromatic rings. The van der Waals surface area contributed by atoms with E-state index in [-0.39, 0.29) is 13.4 Å². The molecule has 0 radical (unpaired) electrons. The quantitative estimate of drug-likeness (QED) is 0.667. The molecule has 3 N–H and O–H groups in total. The average Bonchev–Trinajstić information content (AvgIpc) is 3.51. The lowest BCUT2D eigenvalue weighted by atomic mass is 9.99. The zero-order valence-electron chi connectivity index (χ0n) is 17.1. The van der Waals surface area contributed by atoms with Crippen LogP contribution in [0.15, 0.2) is 48.8 Å². The number of hydrogen-bond donors (Lipinski definition) is 2. The molecule has 2 aliphatic rings. The first-order valence-electron chi connectivity index (χ1n) is 10.5. The molecule has 5 heterocycles. The van der Waals surface area contributed by atoms with E-state index in [1.54, 1.807) is 24.9 Å². The van der Waals surface area contributed by atoms with Crippen molar-refractivity contribution < 1.29 is 6.22 Å². The van der Waals surface area contributed by atoms with Crippen molar-refractivity contribution in [1.29, 1.82) is 0 Å². The molecule has 0 aliphatic carbocycles. The summed E-state index contributed by atoms with van der Waals surface area (Å²) in [5, 5.41) is 0. The van der Waals surface area contributed by atoms with E-state index < -0.39 is 0 Å². The number of fused-ring (bicyclic) bond motifs is 1. The van der Waals surface area contributed by atoms with Gasteiger partial charge >= 0.3 is 0 Å². The molecule has 1 fully saturated rings. The Morgan fingerprint density at radius 3 is 2.68 bits per heavy atom. The van der Waals surface area contributed by atoms with E-state index in [0.717, 1.165) is 49.4 Å². The minimum absolute atomic E-state index is 0. The largest absolute Gasteiger partial charge is 0.400 e. The predicted octanol–water partition coefficient (Wildman–Crippen LogP) is 2.18. The summed E-state index contributed by atoms with van der Waals surface area (Å²) < 4.78 is 0. The molecule has 31 heavy (non-hydrogen) atoms. The highest BCUT2D eigenvalue weighted by Gasteiger charge is 2.33. The first-order chi connectivity index (χ1) is 15.2. The summed E-state index contributed by atoms with van der Waals surface area (Å²) in [6.45, 7) is 2.27. The maximum Gasteiger partial charge on any atom is 0.256 e. The van der Waals surface area contributed by atoms with Gasteiger partial charge in [-0.3, -0.25) is 9.78 Å². The van der Waals surface area contributed by atoms with Crippen LogP contribution in [0.5, 0.6) is 0 Å². The van der Waals surface area contributed by atoms with Gasteiger partial charge in [0, 0.05) is 57.5 Å². The van der Waals surface area contributed by atoms with Crippen LogP contribution >= 0.6 is 0 Å². The molecule has 0 bridgehead atoms. The molecule has 1 atom stereocenters. The fraction of sp³-hybridized carbons (Fsp3) is 0.318. The van der Waals surface area contributed by atoms with E-state index >= 15 is 0 Å². The van der Waals surface area contributed by atoms with Crippen LogP contribution < -0.4 is 10.6 Å². The second kappa shape index (κ2) is 8.17. The van der Waals surface area contributed by atoms with Gasteiger partial charge in [-0.05, 0) is 31.1 Å². The molecule has 2 aliphatic heterocycles. The van der Waals surface area contributed by atoms with Crippen molar-refractivity contribution in [2.45, 2.75) is 25.3 Å². The predicted molar refractivity (Wildman–Crippen MR) is 118 cm³/mol. The van der Waals surface area contributed by atoms with Crippen LogP contribution in [0.2, 0.25) is 0 Å². The number of imidazole rings is 1. The van der Waals surface area contributed by atoms with Gasteiger partial charge < -0.3 is 20.5 Å². The summed E-state index contributed by atoms with van der Waals surface area (Å²) in [4.78, 5) is 37.6. The van der Waals surface area contributed by atoms with E-state index in [1.807, 2.05) is 34.1 Å². The standard InChI is InChI=1S/C22H24N8O.H2/c23-17(11-16-5-1-2-7-24-16)20-19-18(27-14-28-19)6-10-30(20)22-25-12-15(13-26-22)21(31)29-8-3-4-9-29;/h1-2,5,7,11-14,20H,3-4,6,8-10,23H2,(H,27,28);1H/b17-11-;. The normalized spacial score (nSPS) is 18.8. The molecule has 5 rings (SSSR count). The number of carbonyl (C=O) groups excluding carboxylic acids is 1. The van der Waals surface area contributed by atoms with Crippen molar-refractivity contribution >= 4 is 17.9 Å². The van der Waals surface area contributed by atoms with Crippen LogP contribution in [0, 0.1) is 0 Å². The Bertz CT molecular complexity index is 1090. The van der Waals surface area contributed by atoms with Gasteiger partial charge in [0.15, 0.2) is 0 Å². The highest BCUT2D eigenvalue weighted by atomic mass is 16.2. The Hall–Kier alpha value is -3.75. The fourth-order valence-corrected chi connectivity index (χ4v) is 4.22. The Morgan fingerprint density at radius 1 is 1.13 bits per heavy atom. The average molecular weight is 419 g/mol. The molecule has 9 heteroatoms. The number of H-pyrrole nitrogens is 1. The summed E-state index contributed by atoms with van der Waals surface area (Å²) in [5.41, 5.74) is 10.4. The molecule has 0 aromatic carbocycles. The summed E-state index contributed by atoms with van der Waals surface area (Å²) in [5.74, 6) is 0.511. The van der Waals surface area contributed by atoms with Crippen LogP contribution in [0.4, 0.5) is 5.95 Å². The van der Waals surface area contributed by atoms with E-state index in [2.05, 4.69) is 24.9 Å². The van der Waals surface area contributed by atoms with Gasteiger partial charge in [-0.15, -0.1) is 0 Å². The second-order valence-electron chi connectivity index (χ2n) is 7.78. The topological polar surface area (TPSA) is 117 Å². The lowest BCUT2D eigenvalue weighted by Gasteiger charge is -2.35. The highest BCUT2D eigenvalue weighted by molar-refractivity contribution is 5.93. The van der Waals surface area contributed by atoms with E-state index in [0.29, 0.717) is 23.8 Å². The number of amides is 1. The van der Waals surface area contributed by atoms with E-state index in [1.165, 1.54) is 0 Å². The first kappa shape index (κ1) is 19.2. The van der Waals surface area contributed by atoms with Gasteiger partial charge in [-0.25, -0.2) is 15.0 Å². The number of anilines is 1. The molecule has 0 saturated carbocycles. The van der Waals surface area contributed by atoms with Crippen LogP contribution in [0.25, 0.3) is 6.08 Å². The molecule has 160 valence electrons. The van der Waals surface area contributed by atoms with Crippen LogP contribution in [-0.4, -0.2) is 55.4 Å². The van der Waals surface area contributed by atoms with Crippen molar-refractivity contribution in [3.8, 4) is 0 Å². The van der Waals surface area contributed by atoms with Crippen molar-refractivity contribution in [1.82, 2.24) is 29.8 Å². The Morgan fingerprint density at radius 2 is 1.94 bits per heavy atom. The number of hydrogen-bond acceptors (Lipinski definition) is 7. The van der Waals surface area contributed by atoms with Crippen molar-refractivity contribution in [2.24, 2.45) is 5.73 Å². The van der Waals surface area contributed by atoms with Crippen molar-refractivity contribution in [2.75, 3.05) is 24.5 Å². The summed E-state index contributed by atoms with van der Waals surface area (Å²) >= 11 is 0. The third-order valence-corrected chi connectivity index (χ3v) is 5.78. The minimum atomic E-state index is -0.322. The Labute approximate surface area is 181 Å². The minimum Gasteiger partial charge on any atom is -0.400 e. The number of nitrogens with two attached hydrogens (primary N) is 1. The summed E-state index contributed by atoms with van der Waals surface area (Å²) in [6, 6.07) is 5.37. The van der Waals surface area contributed by atoms with E-state index in [9.17, 15) is 4.79 Å². The van der Waals surface area contributed by atoms with Gasteiger partial charge in [0.25, 0.3) is 5.91 Å². The Kier molecular flexibility index (Phi) is 5.07. The van der Waals surface area contributed by atoms with Gasteiger partial charge in [0.05, 0.1) is 23.3 Å². The number of nitrogens with one attached hydrogen (secondary N) is 1. The maximum absolute atomic E-state index is 12.6. The molecule has 1 unspecified atom stereocenters. The maximum atomic E-state index is 12.6. The number of likely N-dealkylation sites (tertiary alicyclic amines) is 1. The molecule has 1 saturated heterocycles. The third kappa shape index (κ3) is 3.74. The van der Waals surface area contributed by atoms with Crippen LogP contribution in [0.1, 0.15) is 47.7 Å². The zero-order chi connectivity index (χ0) is 21.2. The number of pyridine rings is 1. The second-order valence-corrected chi connectivity index (χ2v) is 7.78. The lowest BCUT2D eigenvalue weighted by molar-refractivity contribution is 0.0792. The number of rotatable bonds is 4. The monoisotopic (exact) mass is 418 g/mol. The van der Waals surface area contributed by atoms with Crippen LogP contribution in [-0.2, 0) is 6.42 Å². The van der Waals surface area contributed by atoms with Crippen molar-refractivity contribution in [3.05, 3.63) is 71.5 Å². The summed E-state index contributed by atoms with van der Waals surface area (Å²) in [7, 11) is 0. The van der Waals surface area contributed by atoms with Gasteiger partial charge in [-0.1, -0.05) is 6.07 Å². The lowest BCUT2D eigenvalue weighted by Crippen LogP contribution is -2.39. The smallest absolute Gasteiger partial charge is 0.256 e. The number of aromatic nitrogens is 5. The molecular formula is C22H26N8O.